The summed E-state index contributed by atoms with van der Waals surface area (Å²) in [6.45, 7) is 3.88. The lowest BCUT2D eigenvalue weighted by Crippen LogP contribution is -2.37. The molecule has 35 heavy (non-hydrogen) atoms. The molecular weight excluding hydrogens is 449 g/mol. The molecule has 1 aliphatic heterocycles. The molecule has 4 rings (SSSR count). The molecule has 0 spiro atoms. The molecule has 1 aliphatic rings. The van der Waals surface area contributed by atoms with Crippen molar-refractivity contribution in [1.82, 2.24) is 14.5 Å². The Kier molecular flexibility index (Phi) is 8.60. The predicted octanol–water partition coefficient (Wildman–Crippen LogP) is 4.30. The minimum atomic E-state index is -0.969. The molecule has 1 fully saturated rings. The van der Waals surface area contributed by atoms with E-state index in [4.69, 9.17) is 14.2 Å². The highest BCUT2D eigenvalue weighted by Crippen LogP contribution is 2.30. The van der Waals surface area contributed by atoms with Crippen molar-refractivity contribution in [3.63, 3.8) is 0 Å². The number of hydrogen-bond acceptors (Lipinski definition) is 6. The first-order valence-electron chi connectivity index (χ1n) is 12.1. The molecule has 0 saturated carbocycles. The molecule has 1 unspecified atom stereocenters. The van der Waals surface area contributed by atoms with E-state index in [1.807, 2.05) is 22.9 Å². The SMILES string of the molecule is COc1cc(CN2CCCC(O)(COc3ccccc3F)CC2)ccc1OCCCn1ccnc1. The molecule has 8 heteroatoms. The van der Waals surface area contributed by atoms with E-state index < -0.39 is 11.4 Å². The van der Waals surface area contributed by atoms with Gasteiger partial charge in [-0.1, -0.05) is 18.2 Å². The van der Waals surface area contributed by atoms with Gasteiger partial charge in [0.15, 0.2) is 23.1 Å². The Hall–Kier alpha value is -3.10. The van der Waals surface area contributed by atoms with Crippen LogP contribution in [0.15, 0.2) is 61.2 Å². The van der Waals surface area contributed by atoms with Crippen molar-refractivity contribution in [2.45, 2.75) is 44.4 Å². The minimum Gasteiger partial charge on any atom is -0.493 e. The zero-order chi connectivity index (χ0) is 24.5. The fourth-order valence-electron chi connectivity index (χ4n) is 4.35. The zero-order valence-corrected chi connectivity index (χ0v) is 20.2. The Labute approximate surface area is 206 Å². The number of hydrogen-bond donors (Lipinski definition) is 1. The van der Waals surface area contributed by atoms with Crippen LogP contribution in [-0.2, 0) is 13.1 Å². The number of nitrogens with zero attached hydrogens (tertiary/aromatic N) is 3. The maximum Gasteiger partial charge on any atom is 0.165 e. The van der Waals surface area contributed by atoms with E-state index in [-0.39, 0.29) is 12.4 Å². The number of methoxy groups -OCH3 is 1. The lowest BCUT2D eigenvalue weighted by atomic mass is 9.96. The van der Waals surface area contributed by atoms with E-state index in [2.05, 4.69) is 16.0 Å². The monoisotopic (exact) mass is 483 g/mol. The third-order valence-electron chi connectivity index (χ3n) is 6.35. The highest BCUT2D eigenvalue weighted by atomic mass is 19.1. The molecule has 1 atom stereocenters. The standard InChI is InChI=1S/C27H34FN3O4/c1-33-26-18-22(8-9-25(26)34-17-5-14-31-16-12-29-21-31)19-30-13-4-10-27(32,11-15-30)20-35-24-7-3-2-6-23(24)28/h2-3,6-9,12,16,18,21,32H,4-5,10-11,13-15,17,19-20H2,1H3. The smallest absolute Gasteiger partial charge is 0.165 e. The molecule has 0 radical (unpaired) electrons. The first-order chi connectivity index (χ1) is 17.0. The molecular formula is C27H34FN3O4. The van der Waals surface area contributed by atoms with Crippen LogP contribution in [0.25, 0.3) is 0 Å². The summed E-state index contributed by atoms with van der Waals surface area (Å²) in [5, 5.41) is 11.1. The number of halogens is 1. The van der Waals surface area contributed by atoms with Gasteiger partial charge in [-0.05, 0) is 62.1 Å². The van der Waals surface area contributed by atoms with E-state index in [1.165, 1.54) is 6.07 Å². The van der Waals surface area contributed by atoms with Crippen molar-refractivity contribution in [1.29, 1.82) is 0 Å². The number of likely N-dealkylation sites (tertiary alicyclic amines) is 1. The number of ether oxygens (including phenoxy) is 3. The van der Waals surface area contributed by atoms with Crippen LogP contribution in [0.5, 0.6) is 17.2 Å². The summed E-state index contributed by atoms with van der Waals surface area (Å²) in [7, 11) is 1.65. The number of benzene rings is 2. The summed E-state index contributed by atoms with van der Waals surface area (Å²) in [6.07, 6.45) is 8.41. The highest BCUT2D eigenvalue weighted by molar-refractivity contribution is 5.43. The van der Waals surface area contributed by atoms with Crippen LogP contribution >= 0.6 is 0 Å². The van der Waals surface area contributed by atoms with E-state index in [1.54, 1.807) is 37.8 Å². The first-order valence-corrected chi connectivity index (χ1v) is 12.1. The van der Waals surface area contributed by atoms with Gasteiger partial charge in [-0.3, -0.25) is 4.90 Å². The van der Waals surface area contributed by atoms with Crippen molar-refractivity contribution in [3.8, 4) is 17.2 Å². The Bertz CT molecular complexity index is 1060. The second-order valence-electron chi connectivity index (χ2n) is 9.06. The van der Waals surface area contributed by atoms with Crippen LogP contribution in [0, 0.1) is 5.82 Å². The Balaban J connectivity index is 1.27. The van der Waals surface area contributed by atoms with Crippen molar-refractivity contribution >= 4 is 0 Å². The normalized spacial score (nSPS) is 18.7. The lowest BCUT2D eigenvalue weighted by molar-refractivity contribution is -0.0177. The largest absolute Gasteiger partial charge is 0.493 e. The summed E-state index contributed by atoms with van der Waals surface area (Å²) in [4.78, 5) is 6.37. The maximum atomic E-state index is 13.9. The number of aryl methyl sites for hydroxylation is 1. The summed E-state index contributed by atoms with van der Waals surface area (Å²) in [6, 6.07) is 12.3. The van der Waals surface area contributed by atoms with Gasteiger partial charge in [0.2, 0.25) is 0 Å². The third kappa shape index (κ3) is 7.19. The first kappa shape index (κ1) is 25.0. The average molecular weight is 484 g/mol. The zero-order valence-electron chi connectivity index (χ0n) is 20.2. The quantitative estimate of drug-likeness (QED) is 0.410. The topological polar surface area (TPSA) is 69.0 Å². The second kappa shape index (κ2) is 12.0. The maximum absolute atomic E-state index is 13.9. The van der Waals surface area contributed by atoms with Crippen molar-refractivity contribution in [2.75, 3.05) is 33.4 Å². The average Bonchev–Trinajstić information content (AvgIpc) is 3.32. The molecule has 2 aromatic carbocycles. The Morgan fingerprint density at radius 3 is 2.74 bits per heavy atom. The van der Waals surface area contributed by atoms with Gasteiger partial charge >= 0.3 is 0 Å². The fourth-order valence-corrected chi connectivity index (χ4v) is 4.35. The van der Waals surface area contributed by atoms with E-state index in [9.17, 15) is 9.50 Å². The van der Waals surface area contributed by atoms with E-state index in [0.717, 1.165) is 56.1 Å². The molecule has 0 bridgehead atoms. The van der Waals surface area contributed by atoms with Crippen LogP contribution < -0.4 is 14.2 Å². The van der Waals surface area contributed by atoms with Crippen molar-refractivity contribution in [3.05, 3.63) is 72.6 Å². The summed E-state index contributed by atoms with van der Waals surface area (Å²) < 4.78 is 33.0. The van der Waals surface area contributed by atoms with Crippen molar-refractivity contribution < 1.29 is 23.7 Å². The number of para-hydroxylation sites is 1. The molecule has 2 heterocycles. The fraction of sp³-hybridized carbons (Fsp3) is 0.444. The summed E-state index contributed by atoms with van der Waals surface area (Å²) in [5.41, 5.74) is 0.156. The molecule has 0 amide bonds. The van der Waals surface area contributed by atoms with Crippen LogP contribution in [-0.4, -0.2) is 58.6 Å². The Morgan fingerprint density at radius 1 is 1.06 bits per heavy atom. The van der Waals surface area contributed by atoms with Crippen molar-refractivity contribution in [2.24, 2.45) is 0 Å². The van der Waals surface area contributed by atoms with Crippen LogP contribution in [0.4, 0.5) is 4.39 Å². The highest BCUT2D eigenvalue weighted by Gasteiger charge is 2.31. The summed E-state index contributed by atoms with van der Waals surface area (Å²) >= 11 is 0. The summed E-state index contributed by atoms with van der Waals surface area (Å²) in [5.74, 6) is 1.22. The van der Waals surface area contributed by atoms with Crippen LogP contribution in [0.2, 0.25) is 0 Å². The van der Waals surface area contributed by atoms with Gasteiger partial charge in [-0.2, -0.15) is 0 Å². The van der Waals surface area contributed by atoms with Gasteiger partial charge in [-0.15, -0.1) is 0 Å². The molecule has 0 aliphatic carbocycles. The van der Waals surface area contributed by atoms with Crippen LogP contribution in [0.1, 0.15) is 31.2 Å². The van der Waals surface area contributed by atoms with Gasteiger partial charge in [0, 0.05) is 32.0 Å². The number of aliphatic hydroxyl groups is 1. The van der Waals surface area contributed by atoms with Gasteiger partial charge in [0.1, 0.15) is 6.61 Å². The molecule has 3 aromatic rings. The molecule has 7 nitrogen and oxygen atoms in total. The van der Waals surface area contributed by atoms with Gasteiger partial charge < -0.3 is 23.9 Å². The predicted molar refractivity (Wildman–Crippen MR) is 131 cm³/mol. The van der Waals surface area contributed by atoms with E-state index >= 15 is 0 Å². The van der Waals surface area contributed by atoms with Gasteiger partial charge in [0.25, 0.3) is 0 Å². The van der Waals surface area contributed by atoms with Crippen LogP contribution in [0.3, 0.4) is 0 Å². The number of aromatic nitrogens is 2. The van der Waals surface area contributed by atoms with E-state index in [0.29, 0.717) is 19.4 Å². The minimum absolute atomic E-state index is 0.0858. The molecule has 1 saturated heterocycles. The number of rotatable bonds is 11. The molecule has 1 aromatic heterocycles. The number of imidazole rings is 1. The molecule has 188 valence electrons. The van der Waals surface area contributed by atoms with Gasteiger partial charge in [-0.25, -0.2) is 9.37 Å². The second-order valence-corrected chi connectivity index (χ2v) is 9.06. The third-order valence-corrected chi connectivity index (χ3v) is 6.35. The lowest BCUT2D eigenvalue weighted by Gasteiger charge is -2.27. The Morgan fingerprint density at radius 2 is 1.94 bits per heavy atom. The molecule has 1 N–H and O–H groups in total. The van der Waals surface area contributed by atoms with Gasteiger partial charge in [0.05, 0.1) is 25.6 Å².